The molecule has 5 heteroatoms. The summed E-state index contributed by atoms with van der Waals surface area (Å²) in [4.78, 5) is 26.4. The molecule has 0 aromatic heterocycles. The maximum atomic E-state index is 12.3. The summed E-state index contributed by atoms with van der Waals surface area (Å²) >= 11 is 0. The Morgan fingerprint density at radius 3 is 2.48 bits per heavy atom. The second-order valence-corrected chi connectivity index (χ2v) is 7.75. The number of carbonyl (C=O) groups excluding carboxylic acids is 2. The van der Waals surface area contributed by atoms with E-state index in [9.17, 15) is 9.59 Å². The number of hydrogen-bond donors (Lipinski definition) is 1. The van der Waals surface area contributed by atoms with E-state index in [1.54, 1.807) is 24.3 Å². The average molecular weight is 395 g/mol. The minimum absolute atomic E-state index is 0.0159. The Morgan fingerprint density at radius 2 is 1.83 bits per heavy atom. The summed E-state index contributed by atoms with van der Waals surface area (Å²) in [5, 5.41) is 3.12. The highest BCUT2D eigenvalue weighted by atomic mass is 16.5. The van der Waals surface area contributed by atoms with Gasteiger partial charge in [0.25, 0.3) is 5.91 Å². The van der Waals surface area contributed by atoms with Crippen molar-refractivity contribution in [1.82, 2.24) is 10.2 Å². The fourth-order valence-corrected chi connectivity index (χ4v) is 3.77. The minimum Gasteiger partial charge on any atom is -0.484 e. The smallest absolute Gasteiger partial charge is 0.258 e. The van der Waals surface area contributed by atoms with Gasteiger partial charge in [-0.3, -0.25) is 14.5 Å². The van der Waals surface area contributed by atoms with Crippen molar-refractivity contribution in [3.05, 3.63) is 65.7 Å². The summed E-state index contributed by atoms with van der Waals surface area (Å²) in [6.45, 7) is 6.89. The largest absolute Gasteiger partial charge is 0.484 e. The van der Waals surface area contributed by atoms with Crippen LogP contribution in [-0.4, -0.2) is 42.3 Å². The van der Waals surface area contributed by atoms with Gasteiger partial charge in [0.05, 0.1) is 0 Å². The Hall–Kier alpha value is -2.66. The predicted octanol–water partition coefficient (Wildman–Crippen LogP) is 3.68. The fourth-order valence-electron chi connectivity index (χ4n) is 3.77. The molecule has 1 fully saturated rings. The number of likely N-dealkylation sites (tertiary alicyclic amines) is 1. The Labute approximate surface area is 173 Å². The van der Waals surface area contributed by atoms with Gasteiger partial charge in [0.1, 0.15) is 5.75 Å². The van der Waals surface area contributed by atoms with Crippen molar-refractivity contribution in [2.45, 2.75) is 39.3 Å². The molecule has 2 aromatic carbocycles. The van der Waals surface area contributed by atoms with Gasteiger partial charge in [-0.15, -0.1) is 0 Å². The zero-order valence-corrected chi connectivity index (χ0v) is 17.3. The predicted molar refractivity (Wildman–Crippen MR) is 114 cm³/mol. The first kappa shape index (κ1) is 21.1. The normalized spacial score (nSPS) is 19.5. The van der Waals surface area contributed by atoms with Crippen LogP contribution in [0.3, 0.4) is 0 Å². The van der Waals surface area contributed by atoms with Crippen LogP contribution in [0, 0.1) is 5.92 Å². The number of amides is 1. The van der Waals surface area contributed by atoms with Gasteiger partial charge >= 0.3 is 0 Å². The Bertz CT molecular complexity index is 805. The van der Waals surface area contributed by atoms with Crippen LogP contribution >= 0.6 is 0 Å². The molecule has 2 unspecified atom stereocenters. The number of rotatable bonds is 8. The summed E-state index contributed by atoms with van der Waals surface area (Å²) in [6, 6.07) is 17.6. The van der Waals surface area contributed by atoms with Crippen LogP contribution in [0.2, 0.25) is 0 Å². The van der Waals surface area contributed by atoms with E-state index in [1.807, 2.05) is 13.0 Å². The fraction of sp³-hybridized carbons (Fsp3) is 0.417. The maximum Gasteiger partial charge on any atom is 0.258 e. The molecule has 1 saturated heterocycles. The van der Waals surface area contributed by atoms with Crippen molar-refractivity contribution in [3.8, 4) is 5.75 Å². The van der Waals surface area contributed by atoms with Crippen molar-refractivity contribution in [3.63, 3.8) is 0 Å². The summed E-state index contributed by atoms with van der Waals surface area (Å²) in [7, 11) is 0. The molecule has 3 rings (SSSR count). The summed E-state index contributed by atoms with van der Waals surface area (Å²) in [6.07, 6.45) is 1.42. The third-order valence-corrected chi connectivity index (χ3v) is 5.45. The van der Waals surface area contributed by atoms with E-state index in [0.717, 1.165) is 26.1 Å². The Balaban J connectivity index is 1.42. The first-order valence-electron chi connectivity index (χ1n) is 10.4. The number of ketones is 1. The van der Waals surface area contributed by atoms with Crippen LogP contribution in [0.25, 0.3) is 0 Å². The molecule has 2 aromatic rings. The van der Waals surface area contributed by atoms with Crippen molar-refractivity contribution >= 4 is 11.7 Å². The lowest BCUT2D eigenvalue weighted by molar-refractivity contribution is -0.124. The first-order chi connectivity index (χ1) is 14.0. The second kappa shape index (κ2) is 10.2. The Morgan fingerprint density at radius 1 is 1.10 bits per heavy atom. The van der Waals surface area contributed by atoms with Gasteiger partial charge in [0.2, 0.25) is 0 Å². The van der Waals surface area contributed by atoms with Crippen molar-refractivity contribution < 1.29 is 14.3 Å². The van der Waals surface area contributed by atoms with Crippen LogP contribution in [0.15, 0.2) is 54.6 Å². The molecule has 0 bridgehead atoms. The van der Waals surface area contributed by atoms with Gasteiger partial charge in [0, 0.05) is 37.7 Å². The molecule has 154 valence electrons. The summed E-state index contributed by atoms with van der Waals surface area (Å²) in [5.74, 6) is 0.975. The van der Waals surface area contributed by atoms with Gasteiger partial charge in [-0.1, -0.05) is 44.2 Å². The van der Waals surface area contributed by atoms with E-state index in [4.69, 9.17) is 4.74 Å². The third-order valence-electron chi connectivity index (χ3n) is 5.45. The number of piperidine rings is 1. The monoisotopic (exact) mass is 394 g/mol. The number of carbonyl (C=O) groups is 2. The van der Waals surface area contributed by atoms with Crippen molar-refractivity contribution in [2.24, 2.45) is 5.92 Å². The standard InChI is InChI=1S/C24H30N2O3/c1-3-23(27)20-9-11-21(12-10-20)29-17-24(28)25-22-13-14-26(15-18(22)2)16-19-7-5-4-6-8-19/h4-12,18,22H,3,13-17H2,1-2H3,(H,25,28). The molecular formula is C24H30N2O3. The third kappa shape index (κ3) is 6.16. The van der Waals surface area contributed by atoms with Crippen LogP contribution in [0.4, 0.5) is 0 Å². The van der Waals surface area contributed by atoms with Gasteiger partial charge in [0.15, 0.2) is 12.4 Å². The van der Waals surface area contributed by atoms with Crippen LogP contribution < -0.4 is 10.1 Å². The van der Waals surface area contributed by atoms with Crippen LogP contribution in [0.1, 0.15) is 42.6 Å². The zero-order valence-electron chi connectivity index (χ0n) is 17.3. The number of Topliss-reactive ketones (excluding diaryl/α,β-unsaturated/α-hetero) is 1. The minimum atomic E-state index is -0.105. The highest BCUT2D eigenvalue weighted by Gasteiger charge is 2.27. The van der Waals surface area contributed by atoms with E-state index in [1.165, 1.54) is 5.56 Å². The lowest BCUT2D eigenvalue weighted by Crippen LogP contribution is -2.50. The van der Waals surface area contributed by atoms with Crippen molar-refractivity contribution in [2.75, 3.05) is 19.7 Å². The molecule has 2 atom stereocenters. The second-order valence-electron chi connectivity index (χ2n) is 7.75. The molecule has 1 aliphatic rings. The molecule has 5 nitrogen and oxygen atoms in total. The number of ether oxygens (including phenoxy) is 1. The van der Waals surface area contributed by atoms with Crippen LogP contribution in [-0.2, 0) is 11.3 Å². The molecule has 0 aliphatic carbocycles. The summed E-state index contributed by atoms with van der Waals surface area (Å²) < 4.78 is 5.58. The molecule has 1 aliphatic heterocycles. The van der Waals surface area contributed by atoms with Gasteiger partial charge in [-0.2, -0.15) is 0 Å². The number of nitrogens with one attached hydrogen (secondary N) is 1. The Kier molecular flexibility index (Phi) is 7.42. The highest BCUT2D eigenvalue weighted by molar-refractivity contribution is 5.95. The molecule has 0 radical (unpaired) electrons. The lowest BCUT2D eigenvalue weighted by Gasteiger charge is -2.37. The maximum absolute atomic E-state index is 12.3. The van der Waals surface area contributed by atoms with E-state index >= 15 is 0 Å². The number of nitrogens with zero attached hydrogens (tertiary/aromatic N) is 1. The van der Waals surface area contributed by atoms with E-state index < -0.39 is 0 Å². The molecule has 29 heavy (non-hydrogen) atoms. The van der Waals surface area contributed by atoms with Gasteiger partial charge in [-0.25, -0.2) is 0 Å². The number of benzene rings is 2. The van der Waals surface area contributed by atoms with E-state index in [0.29, 0.717) is 23.7 Å². The molecule has 1 heterocycles. The first-order valence-corrected chi connectivity index (χ1v) is 10.4. The zero-order chi connectivity index (χ0) is 20.6. The summed E-state index contributed by atoms with van der Waals surface area (Å²) in [5.41, 5.74) is 1.99. The quantitative estimate of drug-likeness (QED) is 0.694. The van der Waals surface area contributed by atoms with Crippen LogP contribution in [0.5, 0.6) is 5.75 Å². The number of hydrogen-bond acceptors (Lipinski definition) is 4. The molecule has 1 N–H and O–H groups in total. The molecular weight excluding hydrogens is 364 g/mol. The molecule has 1 amide bonds. The van der Waals surface area contributed by atoms with E-state index in [2.05, 4.69) is 41.4 Å². The van der Waals surface area contributed by atoms with Gasteiger partial charge < -0.3 is 10.1 Å². The van der Waals surface area contributed by atoms with E-state index in [-0.39, 0.29) is 24.3 Å². The molecule has 0 saturated carbocycles. The SMILES string of the molecule is CCC(=O)c1ccc(OCC(=O)NC2CCN(Cc3ccccc3)CC2C)cc1. The highest BCUT2D eigenvalue weighted by Crippen LogP contribution is 2.19. The lowest BCUT2D eigenvalue weighted by atomic mass is 9.93. The average Bonchev–Trinajstić information content (AvgIpc) is 2.75. The topological polar surface area (TPSA) is 58.6 Å². The van der Waals surface area contributed by atoms with Crippen molar-refractivity contribution in [1.29, 1.82) is 0 Å². The molecule has 0 spiro atoms. The van der Waals surface area contributed by atoms with Gasteiger partial charge in [-0.05, 0) is 42.2 Å².